The highest BCUT2D eigenvalue weighted by Gasteiger charge is 2.29. The fourth-order valence-corrected chi connectivity index (χ4v) is 2.75. The standard InChI is InChI=1S/C10H19N/c1-8-6-9-4-2-3-5-10(9)7-11-8/h8-11H,2-7H2,1H3/t8-,9-,10+/m1/s1. The van der Waals surface area contributed by atoms with Crippen molar-refractivity contribution in [3.63, 3.8) is 0 Å². The topological polar surface area (TPSA) is 12.0 Å². The van der Waals surface area contributed by atoms with Gasteiger partial charge in [0.25, 0.3) is 0 Å². The van der Waals surface area contributed by atoms with Gasteiger partial charge in [-0.3, -0.25) is 0 Å². The zero-order valence-corrected chi connectivity index (χ0v) is 7.47. The van der Waals surface area contributed by atoms with Gasteiger partial charge in [0.05, 0.1) is 0 Å². The second-order valence-electron chi connectivity index (χ2n) is 4.35. The van der Waals surface area contributed by atoms with Gasteiger partial charge < -0.3 is 5.32 Å². The molecule has 1 N–H and O–H groups in total. The Labute approximate surface area is 69.6 Å². The Morgan fingerprint density at radius 1 is 1.09 bits per heavy atom. The van der Waals surface area contributed by atoms with E-state index in [2.05, 4.69) is 12.2 Å². The molecule has 0 bridgehead atoms. The van der Waals surface area contributed by atoms with E-state index in [-0.39, 0.29) is 0 Å². The van der Waals surface area contributed by atoms with Gasteiger partial charge in [-0.25, -0.2) is 0 Å². The number of nitrogens with one attached hydrogen (secondary N) is 1. The molecule has 1 aliphatic carbocycles. The second-order valence-corrected chi connectivity index (χ2v) is 4.35. The Balaban J connectivity index is 1.93. The van der Waals surface area contributed by atoms with E-state index in [1.54, 1.807) is 0 Å². The summed E-state index contributed by atoms with van der Waals surface area (Å²) in [6.45, 7) is 3.62. The van der Waals surface area contributed by atoms with Crippen LogP contribution in [0.1, 0.15) is 39.0 Å². The number of hydrogen-bond donors (Lipinski definition) is 1. The van der Waals surface area contributed by atoms with Crippen LogP contribution in [0, 0.1) is 11.8 Å². The predicted octanol–water partition coefficient (Wildman–Crippen LogP) is 2.17. The van der Waals surface area contributed by atoms with Gasteiger partial charge in [-0.2, -0.15) is 0 Å². The Morgan fingerprint density at radius 2 is 1.82 bits per heavy atom. The van der Waals surface area contributed by atoms with E-state index in [9.17, 15) is 0 Å². The maximum atomic E-state index is 3.58. The SMILES string of the molecule is C[C@@H]1C[C@H]2CCCC[C@H]2CN1. The number of hydrogen-bond acceptors (Lipinski definition) is 1. The summed E-state index contributed by atoms with van der Waals surface area (Å²) >= 11 is 0. The molecule has 0 spiro atoms. The molecule has 11 heavy (non-hydrogen) atoms. The minimum atomic E-state index is 0.786. The van der Waals surface area contributed by atoms with Crippen molar-refractivity contribution in [3.05, 3.63) is 0 Å². The Kier molecular flexibility index (Phi) is 2.17. The van der Waals surface area contributed by atoms with E-state index < -0.39 is 0 Å². The van der Waals surface area contributed by atoms with Crippen molar-refractivity contribution in [3.8, 4) is 0 Å². The summed E-state index contributed by atoms with van der Waals surface area (Å²) in [5.74, 6) is 2.10. The summed E-state index contributed by atoms with van der Waals surface area (Å²) in [6, 6.07) is 0.786. The van der Waals surface area contributed by atoms with Gasteiger partial charge in [0.15, 0.2) is 0 Å². The van der Waals surface area contributed by atoms with Gasteiger partial charge in [-0.05, 0) is 38.1 Å². The number of fused-ring (bicyclic) bond motifs is 1. The summed E-state index contributed by atoms with van der Waals surface area (Å²) in [7, 11) is 0. The molecule has 64 valence electrons. The lowest BCUT2D eigenvalue weighted by Gasteiger charge is -2.38. The fraction of sp³-hybridized carbons (Fsp3) is 1.00. The molecule has 0 aromatic carbocycles. The zero-order valence-electron chi connectivity index (χ0n) is 7.47. The molecule has 1 saturated carbocycles. The van der Waals surface area contributed by atoms with Crippen molar-refractivity contribution in [1.29, 1.82) is 0 Å². The van der Waals surface area contributed by atoms with E-state index >= 15 is 0 Å². The highest BCUT2D eigenvalue weighted by molar-refractivity contribution is 4.84. The van der Waals surface area contributed by atoms with Crippen LogP contribution >= 0.6 is 0 Å². The summed E-state index contributed by atoms with van der Waals surface area (Å²) in [6.07, 6.45) is 7.41. The predicted molar refractivity (Wildman–Crippen MR) is 47.5 cm³/mol. The molecule has 1 heteroatoms. The minimum absolute atomic E-state index is 0.786. The maximum absolute atomic E-state index is 3.58. The van der Waals surface area contributed by atoms with Crippen LogP contribution in [0.15, 0.2) is 0 Å². The minimum Gasteiger partial charge on any atom is -0.314 e. The van der Waals surface area contributed by atoms with E-state index in [0.29, 0.717) is 0 Å². The van der Waals surface area contributed by atoms with Crippen LogP contribution in [-0.4, -0.2) is 12.6 Å². The second kappa shape index (κ2) is 3.14. The third-order valence-electron chi connectivity index (χ3n) is 3.45. The molecule has 1 nitrogen and oxygen atoms in total. The van der Waals surface area contributed by atoms with Gasteiger partial charge in [0, 0.05) is 6.04 Å². The van der Waals surface area contributed by atoms with Crippen molar-refractivity contribution in [2.45, 2.75) is 45.1 Å². The van der Waals surface area contributed by atoms with Crippen LogP contribution in [-0.2, 0) is 0 Å². The normalized spacial score (nSPS) is 45.0. The van der Waals surface area contributed by atoms with Gasteiger partial charge in [0.1, 0.15) is 0 Å². The third kappa shape index (κ3) is 1.58. The molecule has 1 saturated heterocycles. The fourth-order valence-electron chi connectivity index (χ4n) is 2.75. The summed E-state index contributed by atoms with van der Waals surface area (Å²) in [5.41, 5.74) is 0. The van der Waals surface area contributed by atoms with Crippen LogP contribution in [0.4, 0.5) is 0 Å². The first-order chi connectivity index (χ1) is 5.36. The molecule has 2 rings (SSSR count). The molecule has 0 amide bonds. The molecule has 1 aliphatic heterocycles. The van der Waals surface area contributed by atoms with E-state index in [0.717, 1.165) is 17.9 Å². The van der Waals surface area contributed by atoms with Crippen molar-refractivity contribution in [2.24, 2.45) is 11.8 Å². The van der Waals surface area contributed by atoms with Crippen molar-refractivity contribution < 1.29 is 0 Å². The lowest BCUT2D eigenvalue weighted by Crippen LogP contribution is -2.43. The van der Waals surface area contributed by atoms with Gasteiger partial charge in [-0.1, -0.05) is 19.3 Å². The quantitative estimate of drug-likeness (QED) is 0.562. The van der Waals surface area contributed by atoms with Crippen LogP contribution in [0.5, 0.6) is 0 Å². The van der Waals surface area contributed by atoms with Gasteiger partial charge >= 0.3 is 0 Å². The van der Waals surface area contributed by atoms with E-state index in [1.165, 1.54) is 38.6 Å². The zero-order chi connectivity index (χ0) is 7.68. The monoisotopic (exact) mass is 153 g/mol. The summed E-state index contributed by atoms with van der Waals surface area (Å²) in [4.78, 5) is 0. The molecule has 2 fully saturated rings. The molecule has 0 unspecified atom stereocenters. The van der Waals surface area contributed by atoms with Crippen LogP contribution in [0.2, 0.25) is 0 Å². The molecule has 2 aliphatic rings. The smallest absolute Gasteiger partial charge is 0.00415 e. The van der Waals surface area contributed by atoms with Crippen molar-refractivity contribution in [1.82, 2.24) is 5.32 Å². The Bertz CT molecular complexity index is 133. The Morgan fingerprint density at radius 3 is 2.64 bits per heavy atom. The maximum Gasteiger partial charge on any atom is 0.00415 e. The molecule has 0 aromatic rings. The molecular weight excluding hydrogens is 134 g/mol. The van der Waals surface area contributed by atoms with Crippen LogP contribution in [0.3, 0.4) is 0 Å². The number of rotatable bonds is 0. The van der Waals surface area contributed by atoms with E-state index in [4.69, 9.17) is 0 Å². The highest BCUT2D eigenvalue weighted by Crippen LogP contribution is 2.34. The molecule has 0 aromatic heterocycles. The molecule has 1 heterocycles. The number of piperidine rings is 1. The average molecular weight is 153 g/mol. The molecule has 0 radical (unpaired) electrons. The lowest BCUT2D eigenvalue weighted by molar-refractivity contribution is 0.159. The van der Waals surface area contributed by atoms with Crippen molar-refractivity contribution >= 4 is 0 Å². The Hall–Kier alpha value is -0.0400. The first kappa shape index (κ1) is 7.60. The summed E-state index contributed by atoms with van der Waals surface area (Å²) < 4.78 is 0. The van der Waals surface area contributed by atoms with Crippen LogP contribution in [0.25, 0.3) is 0 Å². The lowest BCUT2D eigenvalue weighted by atomic mass is 9.74. The largest absolute Gasteiger partial charge is 0.314 e. The van der Waals surface area contributed by atoms with Gasteiger partial charge in [-0.15, -0.1) is 0 Å². The first-order valence-corrected chi connectivity index (χ1v) is 5.09. The highest BCUT2D eigenvalue weighted by atomic mass is 14.9. The van der Waals surface area contributed by atoms with Gasteiger partial charge in [0.2, 0.25) is 0 Å². The molecular formula is C10H19N. The third-order valence-corrected chi connectivity index (χ3v) is 3.45. The molecule has 3 atom stereocenters. The van der Waals surface area contributed by atoms with Crippen molar-refractivity contribution in [2.75, 3.05) is 6.54 Å². The average Bonchev–Trinajstić information content (AvgIpc) is 2.04. The first-order valence-electron chi connectivity index (χ1n) is 5.09. The van der Waals surface area contributed by atoms with Crippen LogP contribution < -0.4 is 5.32 Å². The summed E-state index contributed by atoms with van der Waals surface area (Å²) in [5, 5.41) is 3.58. The van der Waals surface area contributed by atoms with E-state index in [1.807, 2.05) is 0 Å².